The van der Waals surface area contributed by atoms with Gasteiger partial charge in [-0.15, -0.1) is 5.37 Å². The molecule has 1 aromatic carbocycles. The summed E-state index contributed by atoms with van der Waals surface area (Å²) in [6.07, 6.45) is 9.03. The Kier molecular flexibility index (Phi) is 7.68. The number of hydrogen-bond acceptors (Lipinski definition) is 0. The van der Waals surface area contributed by atoms with Gasteiger partial charge in [0.15, 0.2) is 0 Å². The van der Waals surface area contributed by atoms with Crippen molar-refractivity contribution in [3.05, 3.63) is 89.4 Å². The minimum atomic E-state index is 0.419. The van der Waals surface area contributed by atoms with Gasteiger partial charge in [-0.3, -0.25) is 0 Å². The summed E-state index contributed by atoms with van der Waals surface area (Å²) in [5.41, 5.74) is 6.54. The highest BCUT2D eigenvalue weighted by atomic mass is 14.2. The third kappa shape index (κ3) is 4.76. The normalized spacial score (nSPS) is 12.2. The van der Waals surface area contributed by atoms with Crippen LogP contribution in [-0.4, -0.2) is 15.7 Å². The topological polar surface area (TPSA) is 0 Å². The van der Waals surface area contributed by atoms with E-state index in [9.17, 15) is 0 Å². The summed E-state index contributed by atoms with van der Waals surface area (Å²) >= 11 is 0. The standard InChI is InChI=1S/C21H28B2/c1-6-11-17(15(4)5)19(12-7-2)20(21(22)23)18-14-10-9-13-16(18)8-3/h6-7,9-15H,1-2,8,22-23H2,3-5H3/b17-11-,19-12+. The van der Waals surface area contributed by atoms with E-state index in [0.717, 1.165) is 6.42 Å². The molecule has 0 aliphatic heterocycles. The SMILES string of the molecule is BC(B)=C(C(=C/C=C)/C(=C\C=C)C(C)C)c1ccccc1CC. The average Bonchev–Trinajstić information content (AvgIpc) is 2.52. The molecule has 1 rings (SSSR count). The minimum Gasteiger partial charge on any atom is -0.137 e. The zero-order valence-corrected chi connectivity index (χ0v) is 15.3. The fraction of sp³-hybridized carbons (Fsp3) is 0.238. The maximum Gasteiger partial charge on any atom is 0.122 e. The molecule has 0 aromatic heterocycles. The van der Waals surface area contributed by atoms with Crippen LogP contribution in [0.4, 0.5) is 0 Å². The molecule has 0 saturated carbocycles. The van der Waals surface area contributed by atoms with Crippen molar-refractivity contribution >= 4 is 21.3 Å². The summed E-state index contributed by atoms with van der Waals surface area (Å²) in [5.74, 6) is 0.419. The van der Waals surface area contributed by atoms with E-state index in [1.807, 2.05) is 12.2 Å². The lowest BCUT2D eigenvalue weighted by atomic mass is 9.69. The first-order chi connectivity index (χ1) is 11.0. The van der Waals surface area contributed by atoms with Gasteiger partial charge >= 0.3 is 0 Å². The first-order valence-electron chi connectivity index (χ1n) is 8.39. The van der Waals surface area contributed by atoms with Gasteiger partial charge < -0.3 is 0 Å². The maximum atomic E-state index is 3.93. The van der Waals surface area contributed by atoms with Gasteiger partial charge in [0.05, 0.1) is 0 Å². The lowest BCUT2D eigenvalue weighted by Crippen LogP contribution is -2.06. The largest absolute Gasteiger partial charge is 0.137 e. The molecule has 0 unspecified atom stereocenters. The molecule has 0 saturated heterocycles. The van der Waals surface area contributed by atoms with Crippen molar-refractivity contribution in [3.63, 3.8) is 0 Å². The molecule has 0 nitrogen and oxygen atoms in total. The molecule has 0 amide bonds. The Labute approximate surface area is 144 Å². The molecule has 0 aliphatic rings. The molecule has 2 heteroatoms. The summed E-state index contributed by atoms with van der Waals surface area (Å²) in [6, 6.07) is 8.68. The summed E-state index contributed by atoms with van der Waals surface area (Å²) in [7, 11) is 4.37. The van der Waals surface area contributed by atoms with Crippen LogP contribution in [0.5, 0.6) is 0 Å². The fourth-order valence-electron chi connectivity index (χ4n) is 2.92. The Morgan fingerprint density at radius 3 is 2.17 bits per heavy atom. The lowest BCUT2D eigenvalue weighted by molar-refractivity contribution is 0.784. The van der Waals surface area contributed by atoms with Crippen molar-refractivity contribution in [2.24, 2.45) is 5.92 Å². The van der Waals surface area contributed by atoms with E-state index >= 15 is 0 Å². The number of benzene rings is 1. The third-order valence-electron chi connectivity index (χ3n) is 3.95. The predicted octanol–water partition coefficient (Wildman–Crippen LogP) is 4.06. The van der Waals surface area contributed by atoms with Crippen LogP contribution in [0.2, 0.25) is 0 Å². The van der Waals surface area contributed by atoms with Crippen LogP contribution in [0, 0.1) is 5.92 Å². The molecule has 0 spiro atoms. The smallest absolute Gasteiger partial charge is 0.122 e. The summed E-state index contributed by atoms with van der Waals surface area (Å²) in [5, 5.41) is 1.31. The van der Waals surface area contributed by atoms with Crippen molar-refractivity contribution < 1.29 is 0 Å². The Hall–Kier alpha value is -1.95. The molecular formula is C21H28B2. The molecule has 0 heterocycles. The molecule has 23 heavy (non-hydrogen) atoms. The van der Waals surface area contributed by atoms with Crippen LogP contribution >= 0.6 is 0 Å². The van der Waals surface area contributed by atoms with Gasteiger partial charge in [0.1, 0.15) is 15.7 Å². The Bertz CT molecular complexity index is 654. The average molecular weight is 302 g/mol. The van der Waals surface area contributed by atoms with Crippen molar-refractivity contribution in [1.29, 1.82) is 0 Å². The van der Waals surface area contributed by atoms with Crippen LogP contribution in [0.3, 0.4) is 0 Å². The second kappa shape index (κ2) is 9.25. The van der Waals surface area contributed by atoms with Crippen LogP contribution in [0.15, 0.2) is 78.2 Å². The molecule has 0 radical (unpaired) electrons. The van der Waals surface area contributed by atoms with E-state index in [-0.39, 0.29) is 0 Å². The van der Waals surface area contributed by atoms with E-state index in [2.05, 4.69) is 86.0 Å². The molecular weight excluding hydrogens is 274 g/mol. The fourth-order valence-corrected chi connectivity index (χ4v) is 2.92. The highest BCUT2D eigenvalue weighted by Gasteiger charge is 2.17. The number of allylic oxidation sites excluding steroid dienone is 7. The number of rotatable bonds is 7. The van der Waals surface area contributed by atoms with Crippen molar-refractivity contribution in [3.8, 4) is 0 Å². The molecule has 0 aliphatic carbocycles. The second-order valence-corrected chi connectivity index (χ2v) is 6.21. The van der Waals surface area contributed by atoms with Gasteiger partial charge in [0.25, 0.3) is 0 Å². The molecule has 0 atom stereocenters. The first kappa shape index (κ1) is 19.1. The monoisotopic (exact) mass is 302 g/mol. The Balaban J connectivity index is 3.69. The molecule has 0 fully saturated rings. The van der Waals surface area contributed by atoms with Crippen LogP contribution in [-0.2, 0) is 6.42 Å². The van der Waals surface area contributed by atoms with Gasteiger partial charge in [-0.25, -0.2) is 0 Å². The lowest BCUT2D eigenvalue weighted by Gasteiger charge is -2.22. The van der Waals surface area contributed by atoms with E-state index < -0.39 is 0 Å². The van der Waals surface area contributed by atoms with Crippen molar-refractivity contribution in [1.82, 2.24) is 0 Å². The number of hydrogen-bond donors (Lipinski definition) is 0. The number of aryl methyl sites for hydroxylation is 1. The summed E-state index contributed by atoms with van der Waals surface area (Å²) in [6.45, 7) is 14.5. The zero-order valence-electron chi connectivity index (χ0n) is 15.3. The van der Waals surface area contributed by atoms with Crippen molar-refractivity contribution in [2.45, 2.75) is 27.2 Å². The molecule has 0 N–H and O–H groups in total. The highest BCUT2D eigenvalue weighted by Crippen LogP contribution is 2.35. The van der Waals surface area contributed by atoms with Gasteiger partial charge in [-0.05, 0) is 40.2 Å². The summed E-state index contributed by atoms with van der Waals surface area (Å²) < 4.78 is 0. The zero-order chi connectivity index (χ0) is 17.4. The van der Waals surface area contributed by atoms with Gasteiger partial charge in [0, 0.05) is 0 Å². The molecule has 0 bridgehead atoms. The quantitative estimate of drug-likeness (QED) is 0.526. The van der Waals surface area contributed by atoms with E-state index in [1.54, 1.807) is 0 Å². The predicted molar refractivity (Wildman–Crippen MR) is 111 cm³/mol. The van der Waals surface area contributed by atoms with E-state index in [1.165, 1.54) is 33.2 Å². The van der Waals surface area contributed by atoms with Crippen molar-refractivity contribution in [2.75, 3.05) is 0 Å². The van der Waals surface area contributed by atoms with Gasteiger partial charge in [0.2, 0.25) is 0 Å². The van der Waals surface area contributed by atoms with Crippen LogP contribution in [0.1, 0.15) is 31.9 Å². The first-order valence-corrected chi connectivity index (χ1v) is 8.39. The van der Waals surface area contributed by atoms with E-state index in [0.29, 0.717) is 5.92 Å². The van der Waals surface area contributed by atoms with Gasteiger partial charge in [-0.1, -0.05) is 82.5 Å². The van der Waals surface area contributed by atoms with Gasteiger partial charge in [-0.2, -0.15) is 0 Å². The minimum absolute atomic E-state index is 0.419. The Morgan fingerprint density at radius 1 is 1.09 bits per heavy atom. The third-order valence-corrected chi connectivity index (χ3v) is 3.95. The highest BCUT2D eigenvalue weighted by molar-refractivity contribution is 6.51. The van der Waals surface area contributed by atoms with Crippen LogP contribution in [0.25, 0.3) is 5.57 Å². The molecule has 118 valence electrons. The molecule has 1 aromatic rings. The summed E-state index contributed by atoms with van der Waals surface area (Å²) in [4.78, 5) is 0. The maximum absolute atomic E-state index is 3.93. The van der Waals surface area contributed by atoms with Crippen LogP contribution < -0.4 is 0 Å². The second-order valence-electron chi connectivity index (χ2n) is 6.21. The van der Waals surface area contributed by atoms with E-state index in [4.69, 9.17) is 0 Å². The Morgan fingerprint density at radius 2 is 1.70 bits per heavy atom.